The van der Waals surface area contributed by atoms with E-state index in [1.165, 1.54) is 5.57 Å². The van der Waals surface area contributed by atoms with Crippen LogP contribution < -0.4 is 0 Å². The molecule has 2 aliphatic carbocycles. The minimum atomic E-state index is -0.769. The van der Waals surface area contributed by atoms with Crippen molar-refractivity contribution in [1.82, 2.24) is 0 Å². The number of rotatable bonds is 2. The maximum Gasteiger partial charge on any atom is 0.0807 e. The minimum absolute atomic E-state index is 0.0315. The summed E-state index contributed by atoms with van der Waals surface area (Å²) in [5.74, 6) is 0.129. The molecule has 0 aromatic rings. The van der Waals surface area contributed by atoms with Crippen LogP contribution in [0, 0.1) is 17.3 Å². The van der Waals surface area contributed by atoms with E-state index in [1.54, 1.807) is 0 Å². The lowest BCUT2D eigenvalue weighted by atomic mass is 9.81. The molecule has 1 fully saturated rings. The summed E-state index contributed by atoms with van der Waals surface area (Å²) >= 11 is 0. The molecule has 3 nitrogen and oxygen atoms in total. The summed E-state index contributed by atoms with van der Waals surface area (Å²) in [6.07, 6.45) is 2.67. The molecule has 19 heavy (non-hydrogen) atoms. The summed E-state index contributed by atoms with van der Waals surface area (Å²) in [5, 5.41) is 31.1. The first-order valence-corrected chi connectivity index (χ1v) is 7.48. The van der Waals surface area contributed by atoms with Gasteiger partial charge in [0.15, 0.2) is 0 Å². The van der Waals surface area contributed by atoms with Gasteiger partial charge >= 0.3 is 0 Å². The molecule has 0 heterocycles. The molecule has 0 amide bonds. The predicted molar refractivity (Wildman–Crippen MR) is 75.6 cm³/mol. The molecule has 0 bridgehead atoms. The SMILES string of the molecule is CCC1=C2C(O)C(C)(C)CC2C(C)(O)CCC1CO. The lowest BCUT2D eigenvalue weighted by Crippen LogP contribution is -2.34. The van der Waals surface area contributed by atoms with Gasteiger partial charge in [0.1, 0.15) is 0 Å². The standard InChI is InChI=1S/C16H28O3/c1-5-11-10(9-17)6-7-16(4,19)12-8-15(2,3)14(18)13(11)12/h10,12,14,17-19H,5-9H2,1-4H3. The summed E-state index contributed by atoms with van der Waals surface area (Å²) < 4.78 is 0. The van der Waals surface area contributed by atoms with Crippen molar-refractivity contribution in [3.05, 3.63) is 11.1 Å². The van der Waals surface area contributed by atoms with E-state index >= 15 is 0 Å². The molecule has 4 atom stereocenters. The third-order valence-electron chi connectivity index (χ3n) is 5.35. The van der Waals surface area contributed by atoms with E-state index in [1.807, 2.05) is 6.92 Å². The second-order valence-electron chi connectivity index (χ2n) is 7.26. The van der Waals surface area contributed by atoms with Gasteiger partial charge in [-0.05, 0) is 43.6 Å². The third kappa shape index (κ3) is 2.37. The first-order valence-electron chi connectivity index (χ1n) is 7.48. The Balaban J connectivity index is 2.55. The molecule has 0 aliphatic heterocycles. The maximum atomic E-state index is 10.8. The number of aliphatic hydroxyl groups is 3. The topological polar surface area (TPSA) is 60.7 Å². The lowest BCUT2D eigenvalue weighted by molar-refractivity contribution is -0.0000416. The average Bonchev–Trinajstić information content (AvgIpc) is 2.51. The highest BCUT2D eigenvalue weighted by atomic mass is 16.3. The second kappa shape index (κ2) is 4.87. The fourth-order valence-corrected chi connectivity index (χ4v) is 4.06. The molecule has 0 saturated heterocycles. The summed E-state index contributed by atoms with van der Waals surface area (Å²) in [4.78, 5) is 0. The zero-order valence-corrected chi connectivity index (χ0v) is 12.6. The van der Waals surface area contributed by atoms with Crippen molar-refractivity contribution in [3.8, 4) is 0 Å². The van der Waals surface area contributed by atoms with Gasteiger partial charge < -0.3 is 15.3 Å². The Kier molecular flexibility index (Phi) is 3.85. The molecule has 0 radical (unpaired) electrons. The van der Waals surface area contributed by atoms with E-state index in [9.17, 15) is 15.3 Å². The van der Waals surface area contributed by atoms with Crippen molar-refractivity contribution < 1.29 is 15.3 Å². The quantitative estimate of drug-likeness (QED) is 0.673. The molecule has 3 N–H and O–H groups in total. The molecule has 0 spiro atoms. The molecule has 2 rings (SSSR count). The van der Waals surface area contributed by atoms with Crippen molar-refractivity contribution in [2.24, 2.45) is 17.3 Å². The van der Waals surface area contributed by atoms with Gasteiger partial charge in [-0.2, -0.15) is 0 Å². The van der Waals surface area contributed by atoms with Gasteiger partial charge in [0.25, 0.3) is 0 Å². The van der Waals surface area contributed by atoms with Crippen molar-refractivity contribution in [1.29, 1.82) is 0 Å². The maximum absolute atomic E-state index is 10.8. The summed E-state index contributed by atoms with van der Waals surface area (Å²) in [6.45, 7) is 8.22. The Morgan fingerprint density at radius 2 is 1.89 bits per heavy atom. The number of fused-ring (bicyclic) bond motifs is 1. The summed E-state index contributed by atoms with van der Waals surface area (Å²) in [6, 6.07) is 0. The van der Waals surface area contributed by atoms with Gasteiger partial charge in [-0.3, -0.25) is 0 Å². The molecule has 2 aliphatic rings. The molecular formula is C16H28O3. The number of hydrogen-bond donors (Lipinski definition) is 3. The van der Waals surface area contributed by atoms with E-state index in [2.05, 4.69) is 20.8 Å². The molecule has 3 heteroatoms. The van der Waals surface area contributed by atoms with Gasteiger partial charge in [0.05, 0.1) is 11.7 Å². The smallest absolute Gasteiger partial charge is 0.0807 e. The van der Waals surface area contributed by atoms with Crippen molar-refractivity contribution in [3.63, 3.8) is 0 Å². The van der Waals surface area contributed by atoms with Crippen LogP contribution in [0.4, 0.5) is 0 Å². The van der Waals surface area contributed by atoms with Crippen molar-refractivity contribution in [2.75, 3.05) is 6.61 Å². The van der Waals surface area contributed by atoms with Crippen LogP contribution in [-0.2, 0) is 0 Å². The second-order valence-corrected chi connectivity index (χ2v) is 7.26. The summed E-state index contributed by atoms with van der Waals surface area (Å²) in [7, 11) is 0. The van der Waals surface area contributed by atoms with Crippen molar-refractivity contribution in [2.45, 2.75) is 65.1 Å². The largest absolute Gasteiger partial charge is 0.396 e. The Labute approximate surface area is 116 Å². The number of hydrogen-bond acceptors (Lipinski definition) is 3. The fourth-order valence-electron chi connectivity index (χ4n) is 4.06. The van der Waals surface area contributed by atoms with Crippen LogP contribution >= 0.6 is 0 Å². The third-order valence-corrected chi connectivity index (χ3v) is 5.35. The fraction of sp³-hybridized carbons (Fsp3) is 0.875. The molecular weight excluding hydrogens is 240 g/mol. The van der Waals surface area contributed by atoms with Gasteiger partial charge in [-0.1, -0.05) is 26.3 Å². The van der Waals surface area contributed by atoms with Crippen molar-refractivity contribution >= 4 is 0 Å². The van der Waals surface area contributed by atoms with E-state index in [4.69, 9.17) is 0 Å². The normalized spacial score (nSPS) is 42.2. The van der Waals surface area contributed by atoms with Gasteiger partial charge in [0, 0.05) is 18.4 Å². The van der Waals surface area contributed by atoms with Crippen LogP contribution in [0.5, 0.6) is 0 Å². The Bertz CT molecular complexity index is 381. The van der Waals surface area contributed by atoms with E-state index in [0.717, 1.165) is 24.8 Å². The average molecular weight is 268 g/mol. The first kappa shape index (κ1) is 15.0. The van der Waals surface area contributed by atoms with Gasteiger partial charge in [-0.25, -0.2) is 0 Å². The minimum Gasteiger partial charge on any atom is -0.396 e. The van der Waals surface area contributed by atoms with Crippen LogP contribution in [0.15, 0.2) is 11.1 Å². The molecule has 1 saturated carbocycles. The predicted octanol–water partition coefficient (Wildman–Crippen LogP) is 2.25. The van der Waals surface area contributed by atoms with E-state index < -0.39 is 11.7 Å². The zero-order valence-electron chi connectivity index (χ0n) is 12.6. The Morgan fingerprint density at radius 1 is 1.26 bits per heavy atom. The molecule has 110 valence electrons. The van der Waals surface area contributed by atoms with Crippen LogP contribution in [0.1, 0.15) is 53.4 Å². The highest BCUT2D eigenvalue weighted by Crippen LogP contribution is 2.54. The van der Waals surface area contributed by atoms with Gasteiger partial charge in [-0.15, -0.1) is 0 Å². The van der Waals surface area contributed by atoms with E-state index in [0.29, 0.717) is 6.42 Å². The van der Waals surface area contributed by atoms with Crippen LogP contribution in [-0.4, -0.2) is 33.6 Å². The molecule has 0 aromatic carbocycles. The van der Waals surface area contributed by atoms with Gasteiger partial charge in [0.2, 0.25) is 0 Å². The summed E-state index contributed by atoms with van der Waals surface area (Å²) in [5.41, 5.74) is 1.24. The highest BCUT2D eigenvalue weighted by molar-refractivity contribution is 5.33. The Hall–Kier alpha value is -0.380. The zero-order chi connectivity index (χ0) is 14.4. The van der Waals surface area contributed by atoms with Crippen LogP contribution in [0.2, 0.25) is 0 Å². The first-order chi connectivity index (χ1) is 8.74. The Morgan fingerprint density at radius 3 is 2.42 bits per heavy atom. The lowest BCUT2D eigenvalue weighted by Gasteiger charge is -2.30. The monoisotopic (exact) mass is 268 g/mol. The number of aliphatic hydroxyl groups excluding tert-OH is 2. The molecule has 0 aromatic heterocycles. The van der Waals surface area contributed by atoms with Crippen LogP contribution in [0.3, 0.4) is 0 Å². The molecule has 4 unspecified atom stereocenters. The van der Waals surface area contributed by atoms with E-state index in [-0.39, 0.29) is 23.9 Å². The highest BCUT2D eigenvalue weighted by Gasteiger charge is 2.52. The van der Waals surface area contributed by atoms with Crippen LogP contribution in [0.25, 0.3) is 0 Å².